The predicted octanol–water partition coefficient (Wildman–Crippen LogP) is 4.50. The van der Waals surface area contributed by atoms with Crippen molar-refractivity contribution >= 4 is 33.2 Å². The quantitative estimate of drug-likeness (QED) is 0.500. The van der Waals surface area contributed by atoms with Gasteiger partial charge in [0.05, 0.1) is 28.4 Å². The van der Waals surface area contributed by atoms with Gasteiger partial charge in [0, 0.05) is 17.5 Å². The van der Waals surface area contributed by atoms with E-state index in [1.807, 2.05) is 20.1 Å². The van der Waals surface area contributed by atoms with Crippen molar-refractivity contribution in [2.45, 2.75) is 70.5 Å². The lowest BCUT2D eigenvalue weighted by molar-refractivity contribution is -0.115. The summed E-state index contributed by atoms with van der Waals surface area (Å²) >= 11 is 1.45. The van der Waals surface area contributed by atoms with Crippen molar-refractivity contribution in [1.82, 2.24) is 0 Å². The lowest BCUT2D eigenvalue weighted by Gasteiger charge is -2.31. The lowest BCUT2D eigenvalue weighted by atomic mass is 9.86. The fourth-order valence-corrected chi connectivity index (χ4v) is 6.99. The number of sulfone groups is 1. The fourth-order valence-electron chi connectivity index (χ4n) is 4.33. The summed E-state index contributed by atoms with van der Waals surface area (Å²) in [5, 5.41) is 0. The van der Waals surface area contributed by atoms with Crippen molar-refractivity contribution in [3.8, 4) is 0 Å². The summed E-state index contributed by atoms with van der Waals surface area (Å²) in [6.07, 6.45) is 3.66. The van der Waals surface area contributed by atoms with Gasteiger partial charge < -0.3 is 4.74 Å². The first-order valence-electron chi connectivity index (χ1n) is 9.95. The molecule has 0 N–H and O–H groups in total. The minimum absolute atomic E-state index is 0.0330. The van der Waals surface area contributed by atoms with Gasteiger partial charge in [0.25, 0.3) is 0 Å². The molecule has 0 radical (unpaired) electrons. The van der Waals surface area contributed by atoms with Crippen LogP contribution in [0.1, 0.15) is 72.7 Å². The SMILES string of the molecule is CSC1=C(C(=O)c2cc(C)c3c(c2C)C(OC(C)C)CCS3(=O)=O)C(=O)CCC1. The first-order valence-corrected chi connectivity index (χ1v) is 12.8. The Morgan fingerprint density at radius 3 is 2.55 bits per heavy atom. The molecule has 0 saturated carbocycles. The number of Topliss-reactive ketones (excluding diaryl/α,β-unsaturated/α-hetero) is 2. The highest BCUT2D eigenvalue weighted by Crippen LogP contribution is 2.41. The van der Waals surface area contributed by atoms with Crippen molar-refractivity contribution in [1.29, 1.82) is 0 Å². The van der Waals surface area contributed by atoms with Crippen LogP contribution in [0, 0.1) is 13.8 Å². The number of carbonyl (C=O) groups is 2. The Labute approximate surface area is 177 Å². The van der Waals surface area contributed by atoms with Gasteiger partial charge >= 0.3 is 0 Å². The van der Waals surface area contributed by atoms with Crippen LogP contribution in [0.3, 0.4) is 0 Å². The maximum atomic E-state index is 13.4. The van der Waals surface area contributed by atoms with Crippen molar-refractivity contribution in [2.75, 3.05) is 12.0 Å². The number of ketones is 2. The van der Waals surface area contributed by atoms with E-state index in [9.17, 15) is 18.0 Å². The zero-order valence-corrected chi connectivity index (χ0v) is 19.3. The standard InChI is InChI=1S/C22H28O5S2/c1-12(2)27-17-9-10-29(25,26)22-13(3)11-15(14(4)19(17)22)21(24)20-16(23)7-6-8-18(20)28-5/h11-12,17H,6-10H2,1-5H3. The zero-order chi connectivity index (χ0) is 21.5. The second-order valence-corrected chi connectivity index (χ2v) is 10.9. The van der Waals surface area contributed by atoms with Crippen molar-refractivity contribution < 1.29 is 22.7 Å². The minimum Gasteiger partial charge on any atom is -0.371 e. The third-order valence-electron chi connectivity index (χ3n) is 5.57. The van der Waals surface area contributed by atoms with E-state index in [1.54, 1.807) is 19.9 Å². The number of benzene rings is 1. The Hall–Kier alpha value is -1.44. The monoisotopic (exact) mass is 436 g/mol. The highest BCUT2D eigenvalue weighted by Gasteiger charge is 2.37. The number of rotatable bonds is 5. The Morgan fingerprint density at radius 2 is 1.93 bits per heavy atom. The van der Waals surface area contributed by atoms with Crippen LogP contribution >= 0.6 is 11.8 Å². The van der Waals surface area contributed by atoms with E-state index in [2.05, 4.69) is 0 Å². The Kier molecular flexibility index (Phi) is 6.41. The van der Waals surface area contributed by atoms with Crippen LogP contribution in [0.2, 0.25) is 0 Å². The van der Waals surface area contributed by atoms with Crippen LogP contribution < -0.4 is 0 Å². The number of hydrogen-bond donors (Lipinski definition) is 0. The summed E-state index contributed by atoms with van der Waals surface area (Å²) in [6, 6.07) is 1.64. The average Bonchev–Trinajstić information content (AvgIpc) is 2.64. The normalized spacial score (nSPS) is 21.4. The number of fused-ring (bicyclic) bond motifs is 1. The lowest BCUT2D eigenvalue weighted by Crippen LogP contribution is -2.27. The van der Waals surface area contributed by atoms with Gasteiger partial charge in [-0.2, -0.15) is 0 Å². The molecule has 0 aromatic heterocycles. The van der Waals surface area contributed by atoms with Crippen molar-refractivity contribution in [3.63, 3.8) is 0 Å². The first-order chi connectivity index (χ1) is 13.6. The Bertz CT molecular complexity index is 1000. The Balaban J connectivity index is 2.23. The summed E-state index contributed by atoms with van der Waals surface area (Å²) in [5.41, 5.74) is 2.41. The van der Waals surface area contributed by atoms with Gasteiger partial charge in [-0.3, -0.25) is 9.59 Å². The third kappa shape index (κ3) is 4.09. The number of thioether (sulfide) groups is 1. The van der Waals surface area contributed by atoms with Crippen LogP contribution in [-0.2, 0) is 19.4 Å². The van der Waals surface area contributed by atoms with E-state index >= 15 is 0 Å². The van der Waals surface area contributed by atoms with Crippen LogP contribution in [-0.4, -0.2) is 38.1 Å². The van der Waals surface area contributed by atoms with E-state index in [-0.39, 0.29) is 40.0 Å². The van der Waals surface area contributed by atoms with Crippen LogP contribution in [0.4, 0.5) is 0 Å². The number of hydrogen-bond acceptors (Lipinski definition) is 6. The van der Waals surface area contributed by atoms with Gasteiger partial charge in [0.15, 0.2) is 21.4 Å². The molecular weight excluding hydrogens is 408 g/mol. The minimum atomic E-state index is -3.43. The largest absolute Gasteiger partial charge is 0.371 e. The highest BCUT2D eigenvalue weighted by molar-refractivity contribution is 8.02. The fraction of sp³-hybridized carbons (Fsp3) is 0.545. The summed E-state index contributed by atoms with van der Waals surface area (Å²) in [7, 11) is -3.43. The smallest absolute Gasteiger partial charge is 0.197 e. The van der Waals surface area contributed by atoms with Crippen LogP contribution in [0.25, 0.3) is 0 Å². The second kappa shape index (κ2) is 8.36. The molecule has 1 atom stereocenters. The van der Waals surface area contributed by atoms with E-state index in [4.69, 9.17) is 4.74 Å². The highest BCUT2D eigenvalue weighted by atomic mass is 32.2. The number of aryl methyl sites for hydroxylation is 1. The molecule has 2 aliphatic rings. The molecule has 7 heteroatoms. The van der Waals surface area contributed by atoms with Gasteiger partial charge in [-0.05, 0) is 75.3 Å². The molecule has 0 saturated heterocycles. The van der Waals surface area contributed by atoms with Crippen molar-refractivity contribution in [2.24, 2.45) is 0 Å². The van der Waals surface area contributed by atoms with E-state index in [0.717, 1.165) is 17.7 Å². The molecule has 0 fully saturated rings. The average molecular weight is 437 g/mol. The van der Waals surface area contributed by atoms with E-state index < -0.39 is 9.84 Å². The topological polar surface area (TPSA) is 77.5 Å². The van der Waals surface area contributed by atoms with Crippen LogP contribution in [0.5, 0.6) is 0 Å². The van der Waals surface area contributed by atoms with Gasteiger partial charge in [-0.15, -0.1) is 11.8 Å². The molecule has 5 nitrogen and oxygen atoms in total. The molecule has 1 unspecified atom stereocenters. The van der Waals surface area contributed by atoms with Gasteiger partial charge in [0.1, 0.15) is 0 Å². The molecule has 0 amide bonds. The molecule has 1 aromatic rings. The molecule has 1 heterocycles. The first kappa shape index (κ1) is 22.2. The Morgan fingerprint density at radius 1 is 1.24 bits per heavy atom. The molecular formula is C22H28O5S2. The number of carbonyl (C=O) groups excluding carboxylic acids is 2. The molecule has 1 aliphatic heterocycles. The van der Waals surface area contributed by atoms with Crippen LogP contribution in [0.15, 0.2) is 21.4 Å². The summed E-state index contributed by atoms with van der Waals surface area (Å²) in [5.74, 6) is -0.387. The summed E-state index contributed by atoms with van der Waals surface area (Å²) in [6.45, 7) is 7.32. The summed E-state index contributed by atoms with van der Waals surface area (Å²) in [4.78, 5) is 27.1. The number of allylic oxidation sites excluding steroid dienone is 2. The molecule has 3 rings (SSSR count). The second-order valence-electron chi connectivity index (χ2n) is 8.00. The maximum absolute atomic E-state index is 13.4. The molecule has 29 heavy (non-hydrogen) atoms. The van der Waals surface area contributed by atoms with Gasteiger partial charge in [-0.25, -0.2) is 8.42 Å². The predicted molar refractivity (Wildman–Crippen MR) is 115 cm³/mol. The van der Waals surface area contributed by atoms with Gasteiger partial charge in [0.2, 0.25) is 0 Å². The molecule has 1 aromatic carbocycles. The van der Waals surface area contributed by atoms with Crippen molar-refractivity contribution in [3.05, 3.63) is 38.8 Å². The van der Waals surface area contributed by atoms with Gasteiger partial charge in [-0.1, -0.05) is 0 Å². The molecule has 0 spiro atoms. The molecule has 1 aliphatic carbocycles. The number of ether oxygens (including phenoxy) is 1. The van der Waals surface area contributed by atoms with E-state index in [0.29, 0.717) is 35.1 Å². The third-order valence-corrected chi connectivity index (χ3v) is 8.41. The summed E-state index contributed by atoms with van der Waals surface area (Å²) < 4.78 is 31.6. The maximum Gasteiger partial charge on any atom is 0.197 e. The molecule has 158 valence electrons. The molecule has 0 bridgehead atoms. The zero-order valence-electron chi connectivity index (χ0n) is 17.6. The van der Waals surface area contributed by atoms with E-state index in [1.165, 1.54) is 11.8 Å².